The Kier molecular flexibility index (Phi) is 6.77. The van der Waals surface area contributed by atoms with E-state index in [1.165, 1.54) is 17.4 Å². The van der Waals surface area contributed by atoms with Crippen LogP contribution in [0.15, 0.2) is 24.3 Å². The van der Waals surface area contributed by atoms with Crippen LogP contribution in [0.4, 0.5) is 0 Å². The molecule has 0 aromatic heterocycles. The zero-order valence-electron chi connectivity index (χ0n) is 15.8. The number of benzene rings is 1. The molecule has 0 saturated carbocycles. The monoisotopic (exact) mass is 360 g/mol. The third-order valence-corrected chi connectivity index (χ3v) is 4.96. The average molecular weight is 360 g/mol. The van der Waals surface area contributed by atoms with Crippen LogP contribution in [0, 0.1) is 0 Å². The molecule has 1 N–H and O–H groups in total. The molecule has 0 radical (unpaired) electrons. The Balaban J connectivity index is 2.03. The smallest absolute Gasteiger partial charge is 0.323 e. The molecular formula is C20H28N2O4. The Morgan fingerprint density at radius 1 is 1.15 bits per heavy atom. The standard InChI is InChI=1S/C20H28N2O4/c1-14(2)16-6-8-17(9-7-16)20(26)21-11-4-5-18(10-12-21)22(15(3)23)13-19(24)25/h6-9,14,18H,4-5,10-13H2,1-3H3,(H,24,25). The minimum absolute atomic E-state index is 0.00596. The van der Waals surface area contributed by atoms with Gasteiger partial charge in [-0.3, -0.25) is 14.4 Å². The highest BCUT2D eigenvalue weighted by Crippen LogP contribution is 2.20. The number of likely N-dealkylation sites (tertiary alicyclic amines) is 1. The van der Waals surface area contributed by atoms with Crippen molar-refractivity contribution in [3.05, 3.63) is 35.4 Å². The van der Waals surface area contributed by atoms with Crippen LogP contribution in [0.5, 0.6) is 0 Å². The highest BCUT2D eigenvalue weighted by atomic mass is 16.4. The predicted molar refractivity (Wildman–Crippen MR) is 99.1 cm³/mol. The molecule has 0 spiro atoms. The van der Waals surface area contributed by atoms with Crippen LogP contribution in [0.25, 0.3) is 0 Å². The summed E-state index contributed by atoms with van der Waals surface area (Å²) < 4.78 is 0. The van der Waals surface area contributed by atoms with Gasteiger partial charge in [0.1, 0.15) is 6.54 Å². The molecule has 0 bridgehead atoms. The lowest BCUT2D eigenvalue weighted by Gasteiger charge is -2.28. The van der Waals surface area contributed by atoms with Crippen LogP contribution in [-0.2, 0) is 9.59 Å². The van der Waals surface area contributed by atoms with Gasteiger partial charge in [-0.25, -0.2) is 0 Å². The number of amides is 2. The molecule has 6 nitrogen and oxygen atoms in total. The predicted octanol–water partition coefficient (Wildman–Crippen LogP) is 2.74. The Labute approximate surface area is 154 Å². The second kappa shape index (κ2) is 8.83. The molecule has 1 saturated heterocycles. The van der Waals surface area contributed by atoms with E-state index in [-0.39, 0.29) is 24.4 Å². The molecule has 1 heterocycles. The van der Waals surface area contributed by atoms with Gasteiger partial charge in [-0.15, -0.1) is 0 Å². The van der Waals surface area contributed by atoms with E-state index in [0.717, 1.165) is 6.42 Å². The van der Waals surface area contributed by atoms with E-state index in [4.69, 9.17) is 5.11 Å². The molecule has 1 aromatic carbocycles. The molecule has 1 aromatic rings. The Bertz CT molecular complexity index is 654. The van der Waals surface area contributed by atoms with Crippen LogP contribution < -0.4 is 0 Å². The van der Waals surface area contributed by atoms with Crippen molar-refractivity contribution in [3.63, 3.8) is 0 Å². The summed E-state index contributed by atoms with van der Waals surface area (Å²) in [6.07, 6.45) is 2.06. The van der Waals surface area contributed by atoms with Gasteiger partial charge in [0.05, 0.1) is 0 Å². The average Bonchev–Trinajstić information content (AvgIpc) is 2.84. The Morgan fingerprint density at radius 2 is 1.81 bits per heavy atom. The second-order valence-electron chi connectivity index (χ2n) is 7.19. The number of carbonyl (C=O) groups is 3. The third kappa shape index (κ3) is 5.07. The number of hydrogen-bond acceptors (Lipinski definition) is 3. The van der Waals surface area contributed by atoms with Crippen molar-refractivity contribution in [2.24, 2.45) is 0 Å². The van der Waals surface area contributed by atoms with Crippen LogP contribution >= 0.6 is 0 Å². The van der Waals surface area contributed by atoms with E-state index in [1.807, 2.05) is 29.2 Å². The summed E-state index contributed by atoms with van der Waals surface area (Å²) in [4.78, 5) is 38.8. The van der Waals surface area contributed by atoms with Crippen LogP contribution in [-0.4, -0.2) is 58.4 Å². The van der Waals surface area contributed by atoms with Gasteiger partial charge >= 0.3 is 5.97 Å². The maximum atomic E-state index is 12.8. The number of carbonyl (C=O) groups excluding carboxylic acids is 2. The fourth-order valence-corrected chi connectivity index (χ4v) is 3.43. The molecule has 1 atom stereocenters. The zero-order chi connectivity index (χ0) is 19.3. The van der Waals surface area contributed by atoms with Crippen molar-refractivity contribution in [1.82, 2.24) is 9.80 Å². The van der Waals surface area contributed by atoms with E-state index < -0.39 is 5.97 Å². The van der Waals surface area contributed by atoms with Crippen LogP contribution in [0.3, 0.4) is 0 Å². The first-order valence-corrected chi connectivity index (χ1v) is 9.17. The molecule has 2 amide bonds. The molecule has 142 valence electrons. The highest BCUT2D eigenvalue weighted by Gasteiger charge is 2.27. The zero-order valence-corrected chi connectivity index (χ0v) is 15.8. The summed E-state index contributed by atoms with van der Waals surface area (Å²) >= 11 is 0. The molecule has 6 heteroatoms. The summed E-state index contributed by atoms with van der Waals surface area (Å²) in [7, 11) is 0. The molecule has 0 aliphatic carbocycles. The van der Waals surface area contributed by atoms with Gasteiger partial charge < -0.3 is 14.9 Å². The quantitative estimate of drug-likeness (QED) is 0.876. The molecule has 1 fully saturated rings. The Hall–Kier alpha value is -2.37. The SMILES string of the molecule is CC(=O)N(CC(=O)O)C1CCCN(C(=O)c2ccc(C(C)C)cc2)CC1. The van der Waals surface area contributed by atoms with Crippen molar-refractivity contribution < 1.29 is 19.5 Å². The Morgan fingerprint density at radius 3 is 2.35 bits per heavy atom. The fraction of sp³-hybridized carbons (Fsp3) is 0.550. The van der Waals surface area contributed by atoms with Crippen LogP contribution in [0.2, 0.25) is 0 Å². The topological polar surface area (TPSA) is 77.9 Å². The third-order valence-electron chi connectivity index (χ3n) is 4.96. The van der Waals surface area contributed by atoms with Crippen molar-refractivity contribution in [2.75, 3.05) is 19.6 Å². The number of nitrogens with zero attached hydrogens (tertiary/aromatic N) is 2. The number of carboxylic acid groups (broad SMARTS) is 1. The number of aliphatic carboxylic acids is 1. The first-order valence-electron chi connectivity index (χ1n) is 9.17. The van der Waals surface area contributed by atoms with Crippen molar-refractivity contribution in [2.45, 2.75) is 52.0 Å². The summed E-state index contributed by atoms with van der Waals surface area (Å²) in [6, 6.07) is 7.58. The number of carboxylic acids is 1. The molecule has 1 unspecified atom stereocenters. The van der Waals surface area contributed by atoms with E-state index in [1.54, 1.807) is 0 Å². The minimum atomic E-state index is -1.01. The van der Waals surface area contributed by atoms with Crippen molar-refractivity contribution >= 4 is 17.8 Å². The minimum Gasteiger partial charge on any atom is -0.480 e. The van der Waals surface area contributed by atoms with Gasteiger partial charge in [-0.2, -0.15) is 0 Å². The molecule has 1 aliphatic rings. The lowest BCUT2D eigenvalue weighted by molar-refractivity contribution is -0.145. The number of rotatable bonds is 5. The van der Waals surface area contributed by atoms with Gasteiger partial charge in [0.2, 0.25) is 5.91 Å². The normalized spacial score (nSPS) is 17.7. The highest BCUT2D eigenvalue weighted by molar-refractivity contribution is 5.94. The van der Waals surface area contributed by atoms with Gasteiger partial charge in [-0.1, -0.05) is 26.0 Å². The molecular weight excluding hydrogens is 332 g/mol. The van der Waals surface area contributed by atoms with Crippen molar-refractivity contribution in [3.8, 4) is 0 Å². The van der Waals surface area contributed by atoms with Crippen molar-refractivity contribution in [1.29, 1.82) is 0 Å². The van der Waals surface area contributed by atoms with E-state index in [2.05, 4.69) is 13.8 Å². The maximum Gasteiger partial charge on any atom is 0.323 e. The van der Waals surface area contributed by atoms with E-state index in [0.29, 0.717) is 37.4 Å². The van der Waals surface area contributed by atoms with Gasteiger partial charge in [-0.05, 0) is 42.9 Å². The van der Waals surface area contributed by atoms with Gasteiger partial charge in [0.25, 0.3) is 5.91 Å². The maximum absolute atomic E-state index is 12.8. The molecule has 2 rings (SSSR count). The summed E-state index contributed by atoms with van der Waals surface area (Å²) in [5.41, 5.74) is 1.87. The first kappa shape index (κ1) is 19.9. The summed E-state index contributed by atoms with van der Waals surface area (Å²) in [5, 5.41) is 9.03. The van der Waals surface area contributed by atoms with Crippen LogP contribution in [0.1, 0.15) is 61.9 Å². The molecule has 26 heavy (non-hydrogen) atoms. The van der Waals surface area contributed by atoms with Gasteiger partial charge in [0, 0.05) is 31.6 Å². The summed E-state index contributed by atoms with van der Waals surface area (Å²) in [5.74, 6) is -0.831. The summed E-state index contributed by atoms with van der Waals surface area (Å²) in [6.45, 7) is 6.49. The number of hydrogen-bond donors (Lipinski definition) is 1. The second-order valence-corrected chi connectivity index (χ2v) is 7.19. The molecule has 1 aliphatic heterocycles. The van der Waals surface area contributed by atoms with Gasteiger partial charge in [0.15, 0.2) is 0 Å². The lowest BCUT2D eigenvalue weighted by Crippen LogP contribution is -2.43. The van der Waals surface area contributed by atoms with E-state index >= 15 is 0 Å². The first-order chi connectivity index (χ1) is 12.3. The fourth-order valence-electron chi connectivity index (χ4n) is 3.43. The van der Waals surface area contributed by atoms with E-state index in [9.17, 15) is 14.4 Å². The largest absolute Gasteiger partial charge is 0.480 e. The lowest BCUT2D eigenvalue weighted by atomic mass is 10.0.